The van der Waals surface area contributed by atoms with Crippen molar-refractivity contribution in [2.45, 2.75) is 25.8 Å². The van der Waals surface area contributed by atoms with Crippen LogP contribution in [-0.2, 0) is 19.1 Å². The number of benzene rings is 3. The molecule has 4 rings (SSSR count). The van der Waals surface area contributed by atoms with Crippen LogP contribution in [0, 0.1) is 0 Å². The summed E-state index contributed by atoms with van der Waals surface area (Å²) >= 11 is 0. The van der Waals surface area contributed by atoms with Crippen LogP contribution in [0.1, 0.15) is 19.8 Å². The number of hydrogen-bond acceptors (Lipinski definition) is 4. The molecule has 0 N–H and O–H groups in total. The van der Waals surface area contributed by atoms with Crippen LogP contribution in [0.5, 0.6) is 0 Å². The molecule has 0 saturated carbocycles. The smallest absolute Gasteiger partial charge is 0.331 e. The number of nitrogens with zero attached hydrogens (tertiary/aromatic N) is 1. The van der Waals surface area contributed by atoms with Crippen LogP contribution in [0.15, 0.2) is 84.9 Å². The Morgan fingerprint density at radius 3 is 2.00 bits per heavy atom. The van der Waals surface area contributed by atoms with Gasteiger partial charge in [0.1, 0.15) is 5.78 Å². The molecule has 0 radical (unpaired) electrons. The molecule has 33 heavy (non-hydrogen) atoms. The van der Waals surface area contributed by atoms with Crippen LogP contribution >= 0.6 is 6.89 Å². The summed E-state index contributed by atoms with van der Waals surface area (Å²) in [6, 6.07) is 27.3. The van der Waals surface area contributed by atoms with E-state index in [-0.39, 0.29) is 17.7 Å². The molecule has 0 bridgehead atoms. The second-order valence-electron chi connectivity index (χ2n) is 8.06. The molecule has 168 valence electrons. The number of esters is 1. The summed E-state index contributed by atoms with van der Waals surface area (Å²) < 4.78 is 5.11. The highest BCUT2D eigenvalue weighted by Crippen LogP contribution is 2.47. The van der Waals surface area contributed by atoms with Crippen LogP contribution in [0.25, 0.3) is 0 Å². The molecule has 1 aliphatic rings. The predicted octanol–water partition coefficient (Wildman–Crippen LogP) is 3.04. The van der Waals surface area contributed by atoms with E-state index < -0.39 is 12.9 Å². The van der Waals surface area contributed by atoms with Gasteiger partial charge in [-0.1, -0.05) is 78.9 Å². The van der Waals surface area contributed by atoms with E-state index in [9.17, 15) is 14.4 Å². The monoisotopic (exact) mass is 459 g/mol. The molecule has 1 amide bonds. The van der Waals surface area contributed by atoms with Crippen molar-refractivity contribution >= 4 is 51.9 Å². The van der Waals surface area contributed by atoms with Gasteiger partial charge < -0.3 is 9.64 Å². The summed E-state index contributed by atoms with van der Waals surface area (Å²) in [4.78, 5) is 39.2. The Kier molecular flexibility index (Phi) is 6.62. The lowest BCUT2D eigenvalue weighted by molar-refractivity contribution is -0.132. The minimum absolute atomic E-state index is 0.0222. The van der Waals surface area contributed by atoms with Crippen molar-refractivity contribution in [3.63, 3.8) is 0 Å². The molecule has 0 aromatic heterocycles. The predicted molar refractivity (Wildman–Crippen MR) is 134 cm³/mol. The van der Waals surface area contributed by atoms with E-state index in [0.717, 1.165) is 21.6 Å². The number of rotatable bonds is 7. The van der Waals surface area contributed by atoms with Gasteiger partial charge in [-0.25, -0.2) is 4.79 Å². The average Bonchev–Trinajstić information content (AvgIpc) is 2.83. The van der Waals surface area contributed by atoms with E-state index in [1.165, 1.54) is 7.11 Å². The van der Waals surface area contributed by atoms with Crippen molar-refractivity contribution in [1.29, 1.82) is 0 Å². The minimum Gasteiger partial charge on any atom is -0.466 e. The van der Waals surface area contributed by atoms with Gasteiger partial charge in [-0.15, -0.1) is 0 Å². The van der Waals surface area contributed by atoms with Gasteiger partial charge in [0.25, 0.3) is 0 Å². The third-order valence-corrected chi connectivity index (χ3v) is 9.88. The van der Waals surface area contributed by atoms with Crippen molar-refractivity contribution in [3.05, 3.63) is 84.9 Å². The van der Waals surface area contributed by atoms with Crippen molar-refractivity contribution < 1.29 is 19.1 Å². The fourth-order valence-electron chi connectivity index (χ4n) is 4.46. The molecule has 0 aliphatic carbocycles. The van der Waals surface area contributed by atoms with Crippen LogP contribution < -0.4 is 20.8 Å². The van der Waals surface area contributed by atoms with Crippen LogP contribution in [-0.4, -0.2) is 36.6 Å². The highest BCUT2D eigenvalue weighted by atomic mass is 31.2. The first-order valence-electron chi connectivity index (χ1n) is 10.8. The molecular weight excluding hydrogens is 433 g/mol. The fraction of sp³-hybridized carbons (Fsp3) is 0.185. The zero-order valence-corrected chi connectivity index (χ0v) is 19.6. The molecule has 3 aromatic rings. The first-order valence-corrected chi connectivity index (χ1v) is 12.7. The summed E-state index contributed by atoms with van der Waals surface area (Å²) in [5.74, 6) is 1.27. The Hall–Kier alpha value is -3.43. The van der Waals surface area contributed by atoms with Crippen LogP contribution in [0.3, 0.4) is 0 Å². The fourth-order valence-corrected chi connectivity index (χ4v) is 8.32. The van der Waals surface area contributed by atoms with Gasteiger partial charge in [0, 0.05) is 23.9 Å². The van der Waals surface area contributed by atoms with E-state index in [2.05, 4.69) is 0 Å². The van der Waals surface area contributed by atoms with Crippen molar-refractivity contribution in [1.82, 2.24) is 0 Å². The van der Waals surface area contributed by atoms with E-state index in [4.69, 9.17) is 4.74 Å². The van der Waals surface area contributed by atoms with E-state index in [1.54, 1.807) is 17.6 Å². The second-order valence-corrected chi connectivity index (χ2v) is 11.3. The summed E-state index contributed by atoms with van der Waals surface area (Å²) in [5, 5.41) is 2.84. The largest absolute Gasteiger partial charge is 0.466 e. The molecule has 1 heterocycles. The number of carbonyl (C=O) groups is 3. The molecule has 1 saturated heterocycles. The van der Waals surface area contributed by atoms with E-state index >= 15 is 0 Å². The minimum atomic E-state index is -2.66. The number of Topliss-reactive ketones (excluding diaryl/α,β-unsaturated/α-hetero) is 1. The maximum absolute atomic E-state index is 12.8. The topological polar surface area (TPSA) is 63.7 Å². The summed E-state index contributed by atoms with van der Waals surface area (Å²) in [5.41, 5.74) is 0.737. The number of amides is 1. The molecule has 0 unspecified atom stereocenters. The zero-order chi connectivity index (χ0) is 23.4. The highest BCUT2D eigenvalue weighted by molar-refractivity contribution is 7.95. The highest BCUT2D eigenvalue weighted by Gasteiger charge is 2.41. The molecule has 1 fully saturated rings. The number of carbonyl (C=O) groups excluding carboxylic acids is 3. The quantitative estimate of drug-likeness (QED) is 0.310. The second kappa shape index (κ2) is 9.60. The van der Waals surface area contributed by atoms with E-state index in [1.807, 2.05) is 84.9 Å². The Balaban J connectivity index is 2.05. The Morgan fingerprint density at radius 1 is 0.939 bits per heavy atom. The molecule has 1 aliphatic heterocycles. The molecule has 3 aromatic carbocycles. The third-order valence-electron chi connectivity index (χ3n) is 5.92. The van der Waals surface area contributed by atoms with E-state index in [0.29, 0.717) is 12.8 Å². The van der Waals surface area contributed by atoms with Crippen LogP contribution in [0.4, 0.5) is 5.69 Å². The summed E-state index contributed by atoms with van der Waals surface area (Å²) in [6.07, 6.45) is 0.652. The number of ketones is 1. The van der Waals surface area contributed by atoms with Gasteiger partial charge >= 0.3 is 5.97 Å². The lowest BCUT2D eigenvalue weighted by atomic mass is 9.96. The SMILES string of the molecule is COC(=O)C=P(c1ccccc1)(c1ccccc1)c1ccccc1N1C(=O)C[C@H]1CC(C)=O. The van der Waals surface area contributed by atoms with Gasteiger partial charge in [0.05, 0.1) is 18.8 Å². The van der Waals surface area contributed by atoms with Crippen molar-refractivity contribution in [3.8, 4) is 0 Å². The molecule has 1 atom stereocenters. The van der Waals surface area contributed by atoms with Crippen molar-refractivity contribution in [2.75, 3.05) is 12.0 Å². The number of β-lactam (4-membered cyclic amide) rings is 1. The number of para-hydroxylation sites is 1. The maximum atomic E-state index is 12.8. The zero-order valence-electron chi connectivity index (χ0n) is 18.7. The van der Waals surface area contributed by atoms with Gasteiger partial charge in [-0.05, 0) is 30.5 Å². The lowest BCUT2D eigenvalue weighted by Gasteiger charge is -2.43. The van der Waals surface area contributed by atoms with Crippen LogP contribution in [0.2, 0.25) is 0 Å². The lowest BCUT2D eigenvalue weighted by Crippen LogP contribution is -2.55. The Bertz CT molecular complexity index is 1190. The Morgan fingerprint density at radius 2 is 1.48 bits per heavy atom. The molecular formula is C27H26NO4P. The maximum Gasteiger partial charge on any atom is 0.331 e. The number of anilines is 1. The normalized spacial score (nSPS) is 15.5. The summed E-state index contributed by atoms with van der Waals surface area (Å²) in [6.45, 7) is -1.12. The first-order chi connectivity index (χ1) is 16.0. The number of ether oxygens (including phenoxy) is 1. The van der Waals surface area contributed by atoms with Gasteiger partial charge in [0.2, 0.25) is 5.91 Å². The van der Waals surface area contributed by atoms with Gasteiger partial charge in [-0.3, -0.25) is 9.59 Å². The first kappa shape index (κ1) is 22.8. The standard InChI is InChI=1S/C27H26NO4P/c1-20(29)17-21-18-26(30)28(21)24-15-9-10-16-25(24)33(19-27(31)32-2,22-11-5-3-6-12-22)23-13-7-4-8-14-23/h3-16,19,21H,17-18H2,1-2H3/t21-/m1/s1. The Labute approximate surface area is 194 Å². The third kappa shape index (κ3) is 4.29. The molecule has 6 heteroatoms. The number of hydrogen-bond donors (Lipinski definition) is 0. The average molecular weight is 459 g/mol. The molecule has 5 nitrogen and oxygen atoms in total. The van der Waals surface area contributed by atoms with Gasteiger partial charge in [-0.2, -0.15) is 0 Å². The number of methoxy groups -OCH3 is 1. The van der Waals surface area contributed by atoms with Gasteiger partial charge in [0.15, 0.2) is 0 Å². The van der Waals surface area contributed by atoms with Crippen molar-refractivity contribution in [2.24, 2.45) is 0 Å². The summed E-state index contributed by atoms with van der Waals surface area (Å²) in [7, 11) is 1.37. The molecule has 0 spiro atoms.